The molecule has 0 aromatic rings. The van der Waals surface area contributed by atoms with Gasteiger partial charge in [-0.15, -0.1) is 0 Å². The van der Waals surface area contributed by atoms with Gasteiger partial charge in [-0.25, -0.2) is 0 Å². The van der Waals surface area contributed by atoms with Crippen molar-refractivity contribution in [2.75, 3.05) is 40.3 Å². The van der Waals surface area contributed by atoms with Crippen LogP contribution in [0.4, 0.5) is 0 Å². The van der Waals surface area contributed by atoms with Crippen molar-refractivity contribution in [3.05, 3.63) is 11.8 Å². The van der Waals surface area contributed by atoms with Gasteiger partial charge in [-0.1, -0.05) is 27.7 Å². The first-order valence-electron chi connectivity index (χ1n) is 10.2. The van der Waals surface area contributed by atoms with Crippen LogP contribution < -0.4 is 16.4 Å². The maximum atomic E-state index is 12.8. The summed E-state index contributed by atoms with van der Waals surface area (Å²) in [6.45, 7) is 11.7. The van der Waals surface area contributed by atoms with Gasteiger partial charge in [0.15, 0.2) is 0 Å². The van der Waals surface area contributed by atoms with Gasteiger partial charge in [-0.3, -0.25) is 4.79 Å². The molecule has 1 fully saturated rings. The largest absolute Gasteiger partial charge is 0.404 e. The number of rotatable bonds is 10. The zero-order chi connectivity index (χ0) is 20.6. The van der Waals surface area contributed by atoms with E-state index in [1.807, 2.05) is 14.1 Å². The fraction of sp³-hybridized carbons (Fsp3) is 0.810. The first-order chi connectivity index (χ1) is 12.6. The molecule has 0 radical (unpaired) electrons. The van der Waals surface area contributed by atoms with E-state index >= 15 is 0 Å². The maximum Gasteiger partial charge on any atom is 0.223 e. The number of nitrogens with zero attached hydrogens (tertiary/aromatic N) is 1. The van der Waals surface area contributed by atoms with Crippen molar-refractivity contribution in [3.63, 3.8) is 0 Å². The van der Waals surface area contributed by atoms with Crippen molar-refractivity contribution < 1.29 is 4.79 Å². The Kier molecular flexibility index (Phi) is 9.47. The minimum Gasteiger partial charge on any atom is -0.404 e. The summed E-state index contributed by atoms with van der Waals surface area (Å²) < 4.78 is 0. The Bertz CT molecular complexity index is 527. The van der Waals surface area contributed by atoms with E-state index in [-0.39, 0.29) is 23.2 Å². The molecule has 1 aliphatic carbocycles. The SMILES string of the molecule is CNCCN(C)C/C(=C/N)C(=N)C1CCC(C)(C)C(C(=O)NCC(C)C)C1. The lowest BCUT2D eigenvalue weighted by atomic mass is 9.63. The third-order valence-electron chi connectivity index (χ3n) is 5.74. The van der Waals surface area contributed by atoms with E-state index in [0.29, 0.717) is 24.7 Å². The second-order valence-corrected chi connectivity index (χ2v) is 9.10. The minimum atomic E-state index is -0.0589. The van der Waals surface area contributed by atoms with Crippen LogP contribution in [0.5, 0.6) is 0 Å². The third kappa shape index (κ3) is 7.26. The molecular weight excluding hydrogens is 338 g/mol. The normalized spacial score (nSPS) is 22.9. The molecule has 1 rings (SSSR count). The summed E-state index contributed by atoms with van der Waals surface area (Å²) in [5, 5.41) is 15.0. The summed E-state index contributed by atoms with van der Waals surface area (Å²) in [5.74, 6) is 0.613. The monoisotopic (exact) mass is 379 g/mol. The molecular formula is C21H41N5O. The molecule has 5 N–H and O–H groups in total. The van der Waals surface area contributed by atoms with Crippen molar-refractivity contribution in [3.8, 4) is 0 Å². The summed E-state index contributed by atoms with van der Waals surface area (Å²) >= 11 is 0. The molecule has 0 aromatic carbocycles. The summed E-state index contributed by atoms with van der Waals surface area (Å²) in [6, 6.07) is 0. The van der Waals surface area contributed by atoms with Crippen LogP contribution in [0.25, 0.3) is 0 Å². The van der Waals surface area contributed by atoms with Crippen LogP contribution >= 0.6 is 0 Å². The van der Waals surface area contributed by atoms with Crippen LogP contribution in [-0.2, 0) is 4.79 Å². The van der Waals surface area contributed by atoms with Crippen LogP contribution in [-0.4, -0.2) is 56.8 Å². The van der Waals surface area contributed by atoms with E-state index in [1.165, 1.54) is 0 Å². The average Bonchev–Trinajstić information content (AvgIpc) is 2.61. The molecule has 6 nitrogen and oxygen atoms in total. The second kappa shape index (κ2) is 10.8. The number of carbonyl (C=O) groups is 1. The number of hydrogen-bond donors (Lipinski definition) is 4. The molecule has 0 aromatic heterocycles. The van der Waals surface area contributed by atoms with Crippen LogP contribution in [0.1, 0.15) is 47.0 Å². The number of nitrogens with two attached hydrogens (primary N) is 1. The van der Waals surface area contributed by atoms with Crippen molar-refractivity contribution >= 4 is 11.6 Å². The average molecular weight is 380 g/mol. The Morgan fingerprint density at radius 3 is 2.63 bits per heavy atom. The quantitative estimate of drug-likeness (QED) is 0.438. The molecule has 156 valence electrons. The molecule has 0 spiro atoms. The van der Waals surface area contributed by atoms with Crippen molar-refractivity contribution in [1.29, 1.82) is 5.41 Å². The molecule has 0 aliphatic heterocycles. The lowest BCUT2D eigenvalue weighted by Gasteiger charge is -2.41. The molecule has 1 amide bonds. The molecule has 0 heterocycles. The maximum absolute atomic E-state index is 12.8. The fourth-order valence-corrected chi connectivity index (χ4v) is 3.76. The predicted octanol–water partition coefficient (Wildman–Crippen LogP) is 2.21. The van der Waals surface area contributed by atoms with Crippen molar-refractivity contribution in [2.45, 2.75) is 47.0 Å². The zero-order valence-corrected chi connectivity index (χ0v) is 18.2. The highest BCUT2D eigenvalue weighted by Crippen LogP contribution is 2.44. The van der Waals surface area contributed by atoms with Crippen LogP contribution in [0, 0.1) is 28.6 Å². The molecule has 27 heavy (non-hydrogen) atoms. The van der Waals surface area contributed by atoms with E-state index in [2.05, 4.69) is 43.2 Å². The van der Waals surface area contributed by atoms with E-state index in [4.69, 9.17) is 11.1 Å². The minimum absolute atomic E-state index is 0.0337. The Balaban J connectivity index is 2.78. The molecule has 6 heteroatoms. The molecule has 2 unspecified atom stereocenters. The predicted molar refractivity (Wildman–Crippen MR) is 114 cm³/mol. The highest BCUT2D eigenvalue weighted by molar-refractivity contribution is 6.00. The highest BCUT2D eigenvalue weighted by Gasteiger charge is 2.42. The molecule has 2 atom stereocenters. The fourth-order valence-electron chi connectivity index (χ4n) is 3.76. The molecule has 1 saturated carbocycles. The summed E-state index contributed by atoms with van der Waals surface area (Å²) in [6.07, 6.45) is 4.20. The van der Waals surface area contributed by atoms with Crippen molar-refractivity contribution in [2.24, 2.45) is 28.9 Å². The van der Waals surface area contributed by atoms with Gasteiger partial charge in [0.25, 0.3) is 0 Å². The third-order valence-corrected chi connectivity index (χ3v) is 5.74. The first kappa shape index (κ1) is 23.6. The van der Waals surface area contributed by atoms with Gasteiger partial charge >= 0.3 is 0 Å². The summed E-state index contributed by atoms with van der Waals surface area (Å²) in [4.78, 5) is 15.0. The van der Waals surface area contributed by atoms with Crippen LogP contribution in [0.2, 0.25) is 0 Å². The molecule has 0 bridgehead atoms. The Labute approximate surface area is 165 Å². The zero-order valence-electron chi connectivity index (χ0n) is 18.2. The smallest absolute Gasteiger partial charge is 0.223 e. The first-order valence-corrected chi connectivity index (χ1v) is 10.2. The van der Waals surface area contributed by atoms with Gasteiger partial charge in [0, 0.05) is 55.5 Å². The number of likely N-dealkylation sites (N-methyl/N-ethyl adjacent to an activating group) is 2. The Morgan fingerprint density at radius 2 is 2.07 bits per heavy atom. The molecule has 1 aliphatic rings. The van der Waals surface area contributed by atoms with Crippen LogP contribution in [0.15, 0.2) is 11.8 Å². The van der Waals surface area contributed by atoms with Gasteiger partial charge in [-0.2, -0.15) is 0 Å². The second-order valence-electron chi connectivity index (χ2n) is 9.10. The summed E-state index contributed by atoms with van der Waals surface area (Å²) in [5.41, 5.74) is 7.31. The number of carbonyl (C=O) groups excluding carboxylic acids is 1. The number of hydrogen-bond acceptors (Lipinski definition) is 5. The van der Waals surface area contributed by atoms with Crippen LogP contribution in [0.3, 0.4) is 0 Å². The van der Waals surface area contributed by atoms with E-state index < -0.39 is 0 Å². The summed E-state index contributed by atoms with van der Waals surface area (Å²) in [7, 11) is 3.98. The Morgan fingerprint density at radius 1 is 1.41 bits per heavy atom. The number of nitrogens with one attached hydrogen (secondary N) is 3. The van der Waals surface area contributed by atoms with Gasteiger partial charge in [0.2, 0.25) is 5.91 Å². The van der Waals surface area contributed by atoms with Gasteiger partial charge < -0.3 is 26.7 Å². The highest BCUT2D eigenvalue weighted by atomic mass is 16.1. The van der Waals surface area contributed by atoms with Gasteiger partial charge in [0.05, 0.1) is 0 Å². The van der Waals surface area contributed by atoms with Gasteiger partial charge in [0.1, 0.15) is 0 Å². The standard InChI is InChI=1S/C21H41N5O/c1-15(2)13-25-20(27)18-11-16(7-8-21(18,3)4)19(23)17(12-22)14-26(6)10-9-24-5/h12,15-16,18,23-24H,7-11,13-14,22H2,1-6H3,(H,25,27)/b17-12-,23-19?. The van der Waals surface area contributed by atoms with E-state index in [1.54, 1.807) is 6.20 Å². The lowest BCUT2D eigenvalue weighted by Crippen LogP contribution is -2.45. The van der Waals surface area contributed by atoms with Gasteiger partial charge in [-0.05, 0) is 44.7 Å². The lowest BCUT2D eigenvalue weighted by molar-refractivity contribution is -0.130. The molecule has 0 saturated heterocycles. The van der Waals surface area contributed by atoms with Crippen molar-refractivity contribution in [1.82, 2.24) is 15.5 Å². The van der Waals surface area contributed by atoms with E-state index in [9.17, 15) is 4.79 Å². The number of amides is 1. The Hall–Kier alpha value is -1.40. The topological polar surface area (TPSA) is 94.2 Å². The van der Waals surface area contributed by atoms with E-state index in [0.717, 1.165) is 37.9 Å².